The fourth-order valence-corrected chi connectivity index (χ4v) is 2.15. The lowest BCUT2D eigenvalue weighted by Crippen LogP contribution is -2.41. The minimum Gasteiger partial charge on any atom is -0.486 e. The van der Waals surface area contributed by atoms with Gasteiger partial charge in [-0.1, -0.05) is 25.8 Å². The van der Waals surface area contributed by atoms with Crippen molar-refractivity contribution in [3.63, 3.8) is 0 Å². The second kappa shape index (κ2) is 6.97. The van der Waals surface area contributed by atoms with Crippen LogP contribution < -0.4 is 14.8 Å². The molecule has 0 bridgehead atoms. The predicted octanol–water partition coefficient (Wildman–Crippen LogP) is 1.83. The van der Waals surface area contributed by atoms with Crippen LogP contribution in [0.5, 0.6) is 11.5 Å². The summed E-state index contributed by atoms with van der Waals surface area (Å²) in [5.41, 5.74) is 0.301. The topological polar surface area (TPSA) is 84.9 Å². The average Bonchev–Trinajstić information content (AvgIpc) is 2.50. The number of nitrogens with one attached hydrogen (secondary N) is 1. The maximum absolute atomic E-state index is 12.3. The Kier molecular flexibility index (Phi) is 5.03. The summed E-state index contributed by atoms with van der Waals surface area (Å²) in [6.07, 6.45) is 2.02. The number of fused-ring (bicyclic) bond motifs is 1. The highest BCUT2D eigenvalue weighted by Gasteiger charge is 2.24. The van der Waals surface area contributed by atoms with Gasteiger partial charge >= 0.3 is 5.97 Å². The predicted molar refractivity (Wildman–Crippen MR) is 75.8 cm³/mol. The van der Waals surface area contributed by atoms with E-state index in [2.05, 4.69) is 5.32 Å². The number of hydrogen-bond donors (Lipinski definition) is 2. The quantitative estimate of drug-likeness (QED) is 0.836. The maximum Gasteiger partial charge on any atom is 0.326 e. The van der Waals surface area contributed by atoms with E-state index in [0.29, 0.717) is 36.7 Å². The molecule has 0 aromatic heterocycles. The molecule has 1 amide bonds. The Morgan fingerprint density at radius 3 is 2.81 bits per heavy atom. The molecule has 1 heterocycles. The molecule has 6 nitrogen and oxygen atoms in total. The molecule has 1 aliphatic rings. The molecule has 2 rings (SSSR count). The Labute approximate surface area is 123 Å². The normalized spacial score (nSPS) is 14.3. The largest absolute Gasteiger partial charge is 0.486 e. The third kappa shape index (κ3) is 3.65. The SMILES string of the molecule is CCCC[C@H](NC(=O)c1cccc2c1OCCO2)C(=O)O. The van der Waals surface area contributed by atoms with Crippen molar-refractivity contribution in [3.05, 3.63) is 23.8 Å². The number of para-hydroxylation sites is 1. The number of unbranched alkanes of at least 4 members (excludes halogenated alkanes) is 1. The van der Waals surface area contributed by atoms with Crippen LogP contribution in [0.2, 0.25) is 0 Å². The van der Waals surface area contributed by atoms with Gasteiger partial charge in [0.15, 0.2) is 11.5 Å². The van der Waals surface area contributed by atoms with Gasteiger partial charge in [0.25, 0.3) is 5.91 Å². The third-order valence-electron chi connectivity index (χ3n) is 3.26. The van der Waals surface area contributed by atoms with Gasteiger partial charge in [0, 0.05) is 0 Å². The first-order chi connectivity index (χ1) is 10.1. The first kappa shape index (κ1) is 15.2. The van der Waals surface area contributed by atoms with Gasteiger partial charge < -0.3 is 19.9 Å². The van der Waals surface area contributed by atoms with Crippen molar-refractivity contribution in [2.24, 2.45) is 0 Å². The van der Waals surface area contributed by atoms with Crippen LogP contribution >= 0.6 is 0 Å². The molecule has 1 aromatic carbocycles. The zero-order valence-electron chi connectivity index (χ0n) is 11.9. The van der Waals surface area contributed by atoms with E-state index in [1.165, 1.54) is 0 Å². The first-order valence-electron chi connectivity index (χ1n) is 7.05. The van der Waals surface area contributed by atoms with Gasteiger partial charge in [-0.3, -0.25) is 4.79 Å². The lowest BCUT2D eigenvalue weighted by atomic mass is 10.1. The number of carboxylic acid groups (broad SMARTS) is 1. The van der Waals surface area contributed by atoms with Crippen molar-refractivity contribution in [1.82, 2.24) is 5.32 Å². The minimum atomic E-state index is -1.03. The highest BCUT2D eigenvalue weighted by molar-refractivity contribution is 5.99. The van der Waals surface area contributed by atoms with Gasteiger partial charge in [0.1, 0.15) is 19.3 Å². The first-order valence-corrected chi connectivity index (χ1v) is 7.05. The highest BCUT2D eigenvalue weighted by Crippen LogP contribution is 2.33. The zero-order valence-corrected chi connectivity index (χ0v) is 11.9. The summed E-state index contributed by atoms with van der Waals surface area (Å²) in [7, 11) is 0. The fraction of sp³-hybridized carbons (Fsp3) is 0.467. The van der Waals surface area contributed by atoms with E-state index in [0.717, 1.165) is 12.8 Å². The summed E-state index contributed by atoms with van der Waals surface area (Å²) in [5, 5.41) is 11.7. The van der Waals surface area contributed by atoms with Crippen LogP contribution in [0.3, 0.4) is 0 Å². The van der Waals surface area contributed by atoms with Crippen molar-refractivity contribution in [2.75, 3.05) is 13.2 Å². The smallest absolute Gasteiger partial charge is 0.326 e. The summed E-state index contributed by atoms with van der Waals surface area (Å²) in [4.78, 5) is 23.5. The highest BCUT2D eigenvalue weighted by atomic mass is 16.6. The van der Waals surface area contributed by atoms with E-state index in [9.17, 15) is 9.59 Å². The number of ether oxygens (including phenoxy) is 2. The molecule has 0 saturated carbocycles. The number of carbonyl (C=O) groups is 2. The molecule has 114 valence electrons. The Morgan fingerprint density at radius 1 is 1.33 bits per heavy atom. The average molecular weight is 293 g/mol. The molecular weight excluding hydrogens is 274 g/mol. The molecule has 0 unspecified atom stereocenters. The summed E-state index contributed by atoms with van der Waals surface area (Å²) >= 11 is 0. The van der Waals surface area contributed by atoms with Crippen molar-refractivity contribution in [2.45, 2.75) is 32.2 Å². The molecule has 0 saturated heterocycles. The number of benzene rings is 1. The Morgan fingerprint density at radius 2 is 2.10 bits per heavy atom. The molecule has 2 N–H and O–H groups in total. The van der Waals surface area contributed by atoms with E-state index >= 15 is 0 Å². The van der Waals surface area contributed by atoms with Crippen LogP contribution in [0.1, 0.15) is 36.5 Å². The Bertz CT molecular complexity index is 529. The second-order valence-corrected chi connectivity index (χ2v) is 4.84. The van der Waals surface area contributed by atoms with Crippen LogP contribution in [-0.2, 0) is 4.79 Å². The standard InChI is InChI=1S/C15H19NO5/c1-2-3-6-11(15(18)19)16-14(17)10-5-4-7-12-13(10)21-9-8-20-12/h4-5,7,11H,2-3,6,8-9H2,1H3,(H,16,17)(H,18,19)/t11-/m0/s1. The number of carbonyl (C=O) groups excluding carboxylic acids is 1. The summed E-state index contributed by atoms with van der Waals surface area (Å²) in [5.74, 6) is -0.602. The molecule has 0 radical (unpaired) electrons. The van der Waals surface area contributed by atoms with Crippen LogP contribution in [0, 0.1) is 0 Å². The molecule has 21 heavy (non-hydrogen) atoms. The van der Waals surface area contributed by atoms with Crippen molar-refractivity contribution in [3.8, 4) is 11.5 Å². The Balaban J connectivity index is 2.14. The van der Waals surface area contributed by atoms with Gasteiger partial charge in [0.05, 0.1) is 5.56 Å². The number of hydrogen-bond acceptors (Lipinski definition) is 4. The van der Waals surface area contributed by atoms with E-state index in [1.807, 2.05) is 6.92 Å². The number of aliphatic carboxylic acids is 1. The lowest BCUT2D eigenvalue weighted by molar-refractivity contribution is -0.139. The zero-order chi connectivity index (χ0) is 15.2. The van der Waals surface area contributed by atoms with Gasteiger partial charge in [-0.05, 0) is 18.6 Å². The molecule has 0 aliphatic carbocycles. The maximum atomic E-state index is 12.3. The van der Waals surface area contributed by atoms with Crippen molar-refractivity contribution < 1.29 is 24.2 Å². The molecule has 1 atom stereocenters. The molecule has 0 spiro atoms. The second-order valence-electron chi connectivity index (χ2n) is 4.84. The van der Waals surface area contributed by atoms with Gasteiger partial charge in [-0.2, -0.15) is 0 Å². The van der Waals surface area contributed by atoms with E-state index in [4.69, 9.17) is 14.6 Å². The summed E-state index contributed by atoms with van der Waals surface area (Å²) in [6, 6.07) is 4.11. The van der Waals surface area contributed by atoms with Crippen LogP contribution in [0.4, 0.5) is 0 Å². The fourth-order valence-electron chi connectivity index (χ4n) is 2.15. The van der Waals surface area contributed by atoms with E-state index in [-0.39, 0.29) is 0 Å². The number of rotatable bonds is 6. The lowest BCUT2D eigenvalue weighted by Gasteiger charge is -2.21. The molecule has 1 aliphatic heterocycles. The van der Waals surface area contributed by atoms with Crippen molar-refractivity contribution >= 4 is 11.9 Å². The summed E-state index contributed by atoms with van der Waals surface area (Å²) < 4.78 is 10.9. The van der Waals surface area contributed by atoms with Crippen LogP contribution in [0.15, 0.2) is 18.2 Å². The molecule has 1 aromatic rings. The van der Waals surface area contributed by atoms with Crippen LogP contribution in [-0.4, -0.2) is 36.2 Å². The number of amides is 1. The third-order valence-corrected chi connectivity index (χ3v) is 3.26. The number of carboxylic acids is 1. The Hall–Kier alpha value is -2.24. The monoisotopic (exact) mass is 293 g/mol. The van der Waals surface area contributed by atoms with Gasteiger partial charge in [-0.25, -0.2) is 4.79 Å². The van der Waals surface area contributed by atoms with Gasteiger partial charge in [-0.15, -0.1) is 0 Å². The van der Waals surface area contributed by atoms with E-state index < -0.39 is 17.9 Å². The molecule has 6 heteroatoms. The van der Waals surface area contributed by atoms with Gasteiger partial charge in [0.2, 0.25) is 0 Å². The van der Waals surface area contributed by atoms with Crippen LogP contribution in [0.25, 0.3) is 0 Å². The van der Waals surface area contributed by atoms with E-state index in [1.54, 1.807) is 18.2 Å². The molecular formula is C15H19NO5. The molecule has 0 fully saturated rings. The minimum absolute atomic E-state index is 0.301. The van der Waals surface area contributed by atoms with Crippen molar-refractivity contribution in [1.29, 1.82) is 0 Å². The summed E-state index contributed by atoms with van der Waals surface area (Å²) in [6.45, 7) is 2.78.